The van der Waals surface area contributed by atoms with Gasteiger partial charge in [0, 0.05) is 11.9 Å². The molecule has 6 heteroatoms. The van der Waals surface area contributed by atoms with E-state index < -0.39 is 6.03 Å². The van der Waals surface area contributed by atoms with Crippen LogP contribution >= 0.6 is 11.5 Å². The number of carbonyl (C=O) groups is 1. The van der Waals surface area contributed by atoms with E-state index in [0.29, 0.717) is 15.9 Å². The minimum Gasteiger partial charge on any atom is -0.306 e. The number of nitrogens with zero attached hydrogens (tertiary/aromatic N) is 2. The molecule has 2 heterocycles. The van der Waals surface area contributed by atoms with Crippen molar-refractivity contribution in [2.24, 2.45) is 0 Å². The molecule has 2 aromatic heterocycles. The molecule has 1 N–H and O–H groups in total. The first-order valence-corrected chi connectivity index (χ1v) is 6.36. The maximum atomic E-state index is 12.0. The average molecular weight is 271 g/mol. The molecule has 0 radical (unpaired) electrons. The Kier molecular flexibility index (Phi) is 2.85. The van der Waals surface area contributed by atoms with Crippen LogP contribution in [0.2, 0.25) is 0 Å². The van der Waals surface area contributed by atoms with Gasteiger partial charge >= 0.3 is 6.03 Å². The Morgan fingerprint density at radius 3 is 2.68 bits per heavy atom. The maximum absolute atomic E-state index is 12.0. The van der Waals surface area contributed by atoms with E-state index >= 15 is 0 Å². The maximum Gasteiger partial charge on any atom is 0.342 e. The number of carbonyl (C=O) groups excluding carboxylic acids is 1. The van der Waals surface area contributed by atoms with Gasteiger partial charge in [-0.05, 0) is 35.8 Å². The lowest BCUT2D eigenvalue weighted by Crippen LogP contribution is -2.26. The van der Waals surface area contributed by atoms with Gasteiger partial charge in [-0.25, -0.2) is 9.78 Å². The van der Waals surface area contributed by atoms with Crippen LogP contribution < -0.4 is 10.9 Å². The molecular formula is C13H9N3O2S. The first-order valence-electron chi connectivity index (χ1n) is 5.59. The number of hydrogen-bond acceptors (Lipinski definition) is 4. The number of nitrogens with one attached hydrogen (secondary N) is 1. The van der Waals surface area contributed by atoms with Crippen LogP contribution in [-0.2, 0) is 0 Å². The van der Waals surface area contributed by atoms with Gasteiger partial charge in [0.15, 0.2) is 0 Å². The monoisotopic (exact) mass is 271 g/mol. The lowest BCUT2D eigenvalue weighted by molar-refractivity contribution is 0.255. The number of rotatable bonds is 1. The summed E-state index contributed by atoms with van der Waals surface area (Å²) in [5.74, 6) is 0. The zero-order chi connectivity index (χ0) is 13.2. The molecule has 3 aromatic rings. The number of para-hydroxylation sites is 1. The van der Waals surface area contributed by atoms with E-state index in [1.165, 1.54) is 0 Å². The van der Waals surface area contributed by atoms with Gasteiger partial charge < -0.3 is 5.32 Å². The van der Waals surface area contributed by atoms with Gasteiger partial charge in [-0.2, -0.15) is 3.96 Å². The summed E-state index contributed by atoms with van der Waals surface area (Å²) in [6.45, 7) is 0. The Bertz CT molecular complexity index is 792. The standard InChI is InChI=1S/C13H9N3O2S/c17-12-10-7-4-8-14-11(10)19-16(12)13(18)15-9-5-2-1-3-6-9/h1-8H,(H,15,18). The first kappa shape index (κ1) is 11.6. The molecule has 0 aliphatic rings. The van der Waals surface area contributed by atoms with Crippen molar-refractivity contribution < 1.29 is 4.79 Å². The Morgan fingerprint density at radius 1 is 1.16 bits per heavy atom. The lowest BCUT2D eigenvalue weighted by Gasteiger charge is -2.02. The second kappa shape index (κ2) is 4.66. The number of benzene rings is 1. The number of hydrogen-bond donors (Lipinski definition) is 1. The SMILES string of the molecule is O=C(Nc1ccccc1)n1sc2ncccc2c1=O. The second-order valence-corrected chi connectivity index (χ2v) is 4.78. The molecule has 0 aliphatic heterocycles. The van der Waals surface area contributed by atoms with Crippen molar-refractivity contribution in [2.75, 3.05) is 5.32 Å². The molecular weight excluding hydrogens is 262 g/mol. The van der Waals surface area contributed by atoms with E-state index in [9.17, 15) is 9.59 Å². The summed E-state index contributed by atoms with van der Waals surface area (Å²) in [5.41, 5.74) is 0.298. The number of anilines is 1. The minimum absolute atomic E-state index is 0.346. The highest BCUT2D eigenvalue weighted by molar-refractivity contribution is 7.14. The third-order valence-electron chi connectivity index (χ3n) is 2.57. The summed E-state index contributed by atoms with van der Waals surface area (Å²) in [4.78, 5) is 28.7. The summed E-state index contributed by atoms with van der Waals surface area (Å²) in [7, 11) is 0. The summed E-state index contributed by atoms with van der Waals surface area (Å²) >= 11 is 1.03. The van der Waals surface area contributed by atoms with E-state index in [1.54, 1.807) is 30.5 Å². The zero-order valence-corrected chi connectivity index (χ0v) is 10.6. The highest BCUT2D eigenvalue weighted by atomic mass is 32.1. The van der Waals surface area contributed by atoms with Crippen LogP contribution in [0.1, 0.15) is 0 Å². The molecule has 5 nitrogen and oxygen atoms in total. The molecule has 0 fully saturated rings. The summed E-state index contributed by atoms with van der Waals surface area (Å²) < 4.78 is 1.07. The fourth-order valence-electron chi connectivity index (χ4n) is 1.69. The first-order chi connectivity index (χ1) is 9.25. The van der Waals surface area contributed by atoms with E-state index in [1.807, 2.05) is 18.2 Å². The molecule has 19 heavy (non-hydrogen) atoms. The molecule has 0 bridgehead atoms. The zero-order valence-electron chi connectivity index (χ0n) is 9.74. The van der Waals surface area contributed by atoms with E-state index in [0.717, 1.165) is 15.5 Å². The van der Waals surface area contributed by atoms with Crippen LogP contribution in [0.15, 0.2) is 53.5 Å². The fraction of sp³-hybridized carbons (Fsp3) is 0. The van der Waals surface area contributed by atoms with Crippen molar-refractivity contribution >= 4 is 33.5 Å². The summed E-state index contributed by atoms with van der Waals surface area (Å²) in [5, 5.41) is 3.12. The Labute approximate surface area is 112 Å². The predicted octanol–water partition coefficient (Wildman–Crippen LogP) is 2.54. The molecule has 0 atom stereocenters. The number of fused-ring (bicyclic) bond motifs is 1. The van der Waals surface area contributed by atoms with Gasteiger partial charge in [0.05, 0.1) is 5.39 Å². The van der Waals surface area contributed by atoms with Crippen molar-refractivity contribution in [3.05, 3.63) is 59.0 Å². The van der Waals surface area contributed by atoms with Crippen LogP contribution in [0, 0.1) is 0 Å². The molecule has 0 spiro atoms. The second-order valence-electron chi connectivity index (χ2n) is 3.84. The topological polar surface area (TPSA) is 64.0 Å². The van der Waals surface area contributed by atoms with Crippen molar-refractivity contribution in [3.63, 3.8) is 0 Å². The lowest BCUT2D eigenvalue weighted by atomic mass is 10.3. The number of amides is 1. The van der Waals surface area contributed by atoms with Crippen molar-refractivity contribution in [3.8, 4) is 0 Å². The molecule has 0 aliphatic carbocycles. The van der Waals surface area contributed by atoms with Crippen LogP contribution in [0.3, 0.4) is 0 Å². The van der Waals surface area contributed by atoms with Crippen LogP contribution in [0.5, 0.6) is 0 Å². The Hall–Kier alpha value is -2.47. The Morgan fingerprint density at radius 2 is 1.95 bits per heavy atom. The molecule has 0 saturated heterocycles. The van der Waals surface area contributed by atoms with Crippen molar-refractivity contribution in [2.45, 2.75) is 0 Å². The molecule has 0 saturated carbocycles. The predicted molar refractivity (Wildman–Crippen MR) is 74.7 cm³/mol. The smallest absolute Gasteiger partial charge is 0.306 e. The molecule has 1 aromatic carbocycles. The average Bonchev–Trinajstić information content (AvgIpc) is 2.78. The van der Waals surface area contributed by atoms with Gasteiger partial charge in [-0.3, -0.25) is 4.79 Å². The minimum atomic E-state index is -0.473. The highest BCUT2D eigenvalue weighted by Crippen LogP contribution is 2.13. The number of aromatic nitrogens is 2. The van der Waals surface area contributed by atoms with Gasteiger partial charge in [0.25, 0.3) is 5.56 Å². The van der Waals surface area contributed by atoms with Crippen molar-refractivity contribution in [1.29, 1.82) is 0 Å². The van der Waals surface area contributed by atoms with Crippen LogP contribution in [0.25, 0.3) is 10.2 Å². The summed E-state index contributed by atoms with van der Waals surface area (Å²) in [6.07, 6.45) is 1.59. The van der Waals surface area contributed by atoms with Crippen LogP contribution in [0.4, 0.5) is 10.5 Å². The molecule has 1 amide bonds. The van der Waals surface area contributed by atoms with Gasteiger partial charge in [-0.1, -0.05) is 18.2 Å². The fourth-order valence-corrected chi connectivity index (χ4v) is 2.54. The molecule has 0 unspecified atom stereocenters. The largest absolute Gasteiger partial charge is 0.342 e. The third-order valence-corrected chi connectivity index (χ3v) is 3.59. The van der Waals surface area contributed by atoms with E-state index in [4.69, 9.17) is 0 Å². The van der Waals surface area contributed by atoms with Crippen molar-refractivity contribution in [1.82, 2.24) is 8.94 Å². The van der Waals surface area contributed by atoms with Gasteiger partial charge in [0.1, 0.15) is 4.83 Å². The number of pyridine rings is 1. The molecule has 94 valence electrons. The third kappa shape index (κ3) is 2.13. The Balaban J connectivity index is 1.98. The van der Waals surface area contributed by atoms with Gasteiger partial charge in [0.2, 0.25) is 0 Å². The molecule has 3 rings (SSSR count). The highest BCUT2D eigenvalue weighted by Gasteiger charge is 2.14. The van der Waals surface area contributed by atoms with E-state index in [-0.39, 0.29) is 5.56 Å². The van der Waals surface area contributed by atoms with E-state index in [2.05, 4.69) is 10.3 Å². The normalized spacial score (nSPS) is 10.5. The summed E-state index contributed by atoms with van der Waals surface area (Å²) in [6, 6.07) is 11.9. The van der Waals surface area contributed by atoms with Gasteiger partial charge in [-0.15, -0.1) is 0 Å². The van der Waals surface area contributed by atoms with Crippen LogP contribution in [-0.4, -0.2) is 15.0 Å². The quantitative estimate of drug-likeness (QED) is 0.739.